The fourth-order valence-corrected chi connectivity index (χ4v) is 2.33. The van der Waals surface area contributed by atoms with Crippen LogP contribution in [0.1, 0.15) is 26.3 Å². The Kier molecular flexibility index (Phi) is 4.37. The first-order chi connectivity index (χ1) is 9.91. The number of rotatable bonds is 2. The van der Waals surface area contributed by atoms with Crippen LogP contribution >= 0.6 is 0 Å². The monoisotopic (exact) mass is 287 g/mol. The summed E-state index contributed by atoms with van der Waals surface area (Å²) < 4.78 is 6.00. The third-order valence-corrected chi connectivity index (χ3v) is 3.36. The molecule has 1 atom stereocenters. The molecule has 5 heteroatoms. The van der Waals surface area contributed by atoms with Crippen LogP contribution in [0, 0.1) is 17.2 Å². The number of nitriles is 1. The number of hydrogen-bond acceptors (Lipinski definition) is 3. The maximum atomic E-state index is 12.3. The van der Waals surface area contributed by atoms with Crippen LogP contribution in [-0.4, -0.2) is 29.6 Å². The summed E-state index contributed by atoms with van der Waals surface area (Å²) >= 11 is 0. The minimum absolute atomic E-state index is 0.162. The minimum Gasteiger partial charge on any atom is -0.486 e. The molecule has 1 heterocycles. The van der Waals surface area contributed by atoms with E-state index in [1.54, 1.807) is 11.8 Å². The fourth-order valence-electron chi connectivity index (χ4n) is 2.33. The summed E-state index contributed by atoms with van der Waals surface area (Å²) in [5.74, 6) is 0.626. The largest absolute Gasteiger partial charge is 0.486 e. The van der Waals surface area contributed by atoms with Crippen molar-refractivity contribution < 1.29 is 9.53 Å². The van der Waals surface area contributed by atoms with E-state index in [0.717, 1.165) is 11.3 Å². The average molecular weight is 287 g/mol. The quantitative estimate of drug-likeness (QED) is 0.909. The standard InChI is InChI=1S/C16H21N3O2/c1-12(8-17)9-18-15(20)19-10-13-6-4-5-7-14(13)21-16(2,3)11-19/h4-7,12H,9-11H2,1-3H3,(H,18,20). The van der Waals surface area contributed by atoms with Gasteiger partial charge in [-0.05, 0) is 26.8 Å². The van der Waals surface area contributed by atoms with Gasteiger partial charge in [-0.25, -0.2) is 4.79 Å². The molecule has 0 saturated carbocycles. The molecule has 1 N–H and O–H groups in total. The van der Waals surface area contributed by atoms with Gasteiger partial charge in [-0.2, -0.15) is 5.26 Å². The van der Waals surface area contributed by atoms with E-state index >= 15 is 0 Å². The first kappa shape index (κ1) is 15.2. The van der Waals surface area contributed by atoms with Crippen molar-refractivity contribution in [2.24, 2.45) is 5.92 Å². The van der Waals surface area contributed by atoms with Crippen molar-refractivity contribution in [1.82, 2.24) is 10.2 Å². The maximum Gasteiger partial charge on any atom is 0.317 e. The zero-order valence-corrected chi connectivity index (χ0v) is 12.7. The third kappa shape index (κ3) is 3.88. The number of amides is 2. The SMILES string of the molecule is CC(C#N)CNC(=O)N1Cc2ccccc2OC(C)(C)C1. The summed E-state index contributed by atoms with van der Waals surface area (Å²) in [5, 5.41) is 11.6. The van der Waals surface area contributed by atoms with E-state index in [1.807, 2.05) is 38.1 Å². The van der Waals surface area contributed by atoms with E-state index in [9.17, 15) is 4.79 Å². The second kappa shape index (κ2) is 6.04. The molecule has 0 aromatic heterocycles. The van der Waals surface area contributed by atoms with Crippen LogP contribution in [0.15, 0.2) is 24.3 Å². The van der Waals surface area contributed by atoms with Crippen molar-refractivity contribution in [3.8, 4) is 11.8 Å². The molecule has 0 spiro atoms. The Hall–Kier alpha value is -2.22. The Morgan fingerprint density at radius 2 is 2.24 bits per heavy atom. The molecule has 0 fully saturated rings. The predicted molar refractivity (Wildman–Crippen MR) is 79.7 cm³/mol. The summed E-state index contributed by atoms with van der Waals surface area (Å²) in [4.78, 5) is 14.1. The van der Waals surface area contributed by atoms with Gasteiger partial charge in [0.15, 0.2) is 0 Å². The zero-order chi connectivity index (χ0) is 15.5. The number of carbonyl (C=O) groups excluding carboxylic acids is 1. The molecule has 0 radical (unpaired) electrons. The average Bonchev–Trinajstić information content (AvgIpc) is 2.58. The van der Waals surface area contributed by atoms with Crippen LogP contribution < -0.4 is 10.1 Å². The summed E-state index contributed by atoms with van der Waals surface area (Å²) in [6.07, 6.45) is 0. The lowest BCUT2D eigenvalue weighted by Gasteiger charge is -2.29. The Balaban J connectivity index is 2.13. The van der Waals surface area contributed by atoms with Crippen LogP contribution in [-0.2, 0) is 6.54 Å². The van der Waals surface area contributed by atoms with E-state index in [4.69, 9.17) is 10.00 Å². The molecule has 21 heavy (non-hydrogen) atoms. The van der Waals surface area contributed by atoms with E-state index in [2.05, 4.69) is 11.4 Å². The molecule has 1 aromatic carbocycles. The smallest absolute Gasteiger partial charge is 0.317 e. The molecule has 1 aliphatic heterocycles. The van der Waals surface area contributed by atoms with Gasteiger partial charge in [0.25, 0.3) is 0 Å². The summed E-state index contributed by atoms with van der Waals surface area (Å²) in [5.41, 5.74) is 0.539. The van der Waals surface area contributed by atoms with Crippen LogP contribution in [0.2, 0.25) is 0 Å². The minimum atomic E-state index is -0.454. The van der Waals surface area contributed by atoms with Crippen LogP contribution in [0.4, 0.5) is 4.79 Å². The number of benzene rings is 1. The van der Waals surface area contributed by atoms with Crippen molar-refractivity contribution in [2.75, 3.05) is 13.1 Å². The Labute approximate surface area is 125 Å². The first-order valence-corrected chi connectivity index (χ1v) is 7.10. The lowest BCUT2D eigenvalue weighted by Crippen LogP contribution is -2.47. The van der Waals surface area contributed by atoms with Gasteiger partial charge < -0.3 is 15.0 Å². The molecule has 1 aromatic rings. The lowest BCUT2D eigenvalue weighted by atomic mass is 10.1. The van der Waals surface area contributed by atoms with Gasteiger partial charge in [-0.3, -0.25) is 0 Å². The molecule has 5 nitrogen and oxygen atoms in total. The van der Waals surface area contributed by atoms with Gasteiger partial charge in [0, 0.05) is 12.1 Å². The topological polar surface area (TPSA) is 65.4 Å². The zero-order valence-electron chi connectivity index (χ0n) is 12.7. The molecule has 1 unspecified atom stereocenters. The van der Waals surface area contributed by atoms with E-state index in [-0.39, 0.29) is 11.9 Å². The molecular formula is C16H21N3O2. The summed E-state index contributed by atoms with van der Waals surface area (Å²) in [6, 6.07) is 9.71. The number of fused-ring (bicyclic) bond motifs is 1. The number of nitrogens with zero attached hydrogens (tertiary/aromatic N) is 2. The molecule has 0 aliphatic carbocycles. The summed E-state index contributed by atoms with van der Waals surface area (Å²) in [6.45, 7) is 7.07. The highest BCUT2D eigenvalue weighted by Crippen LogP contribution is 2.29. The van der Waals surface area contributed by atoms with Crippen LogP contribution in [0.25, 0.3) is 0 Å². The number of nitrogens with one attached hydrogen (secondary N) is 1. The molecule has 2 rings (SSSR count). The van der Waals surface area contributed by atoms with Crippen molar-refractivity contribution in [1.29, 1.82) is 5.26 Å². The van der Waals surface area contributed by atoms with E-state index in [0.29, 0.717) is 19.6 Å². The van der Waals surface area contributed by atoms with Crippen LogP contribution in [0.3, 0.4) is 0 Å². The normalized spacial score (nSPS) is 17.7. The number of carbonyl (C=O) groups is 1. The van der Waals surface area contributed by atoms with Gasteiger partial charge in [0.05, 0.1) is 25.1 Å². The molecule has 0 saturated heterocycles. The van der Waals surface area contributed by atoms with E-state index in [1.165, 1.54) is 0 Å². The molecule has 0 bridgehead atoms. The van der Waals surface area contributed by atoms with Crippen molar-refractivity contribution >= 4 is 6.03 Å². The van der Waals surface area contributed by atoms with E-state index < -0.39 is 5.60 Å². The summed E-state index contributed by atoms with van der Waals surface area (Å²) in [7, 11) is 0. The van der Waals surface area contributed by atoms with Gasteiger partial charge in [-0.15, -0.1) is 0 Å². The fraction of sp³-hybridized carbons (Fsp3) is 0.500. The Morgan fingerprint density at radius 1 is 1.52 bits per heavy atom. The highest BCUT2D eigenvalue weighted by atomic mass is 16.5. The van der Waals surface area contributed by atoms with Gasteiger partial charge in [-0.1, -0.05) is 18.2 Å². The maximum absolute atomic E-state index is 12.3. The number of para-hydroxylation sites is 1. The highest BCUT2D eigenvalue weighted by molar-refractivity contribution is 5.74. The third-order valence-electron chi connectivity index (χ3n) is 3.36. The second-order valence-electron chi connectivity index (χ2n) is 6.04. The molecule has 2 amide bonds. The number of hydrogen-bond donors (Lipinski definition) is 1. The highest BCUT2D eigenvalue weighted by Gasteiger charge is 2.31. The van der Waals surface area contributed by atoms with Crippen molar-refractivity contribution in [3.05, 3.63) is 29.8 Å². The van der Waals surface area contributed by atoms with Crippen molar-refractivity contribution in [3.63, 3.8) is 0 Å². The van der Waals surface area contributed by atoms with Gasteiger partial charge in [0.2, 0.25) is 0 Å². The molecule has 112 valence electrons. The van der Waals surface area contributed by atoms with Crippen molar-refractivity contribution in [2.45, 2.75) is 32.9 Å². The second-order valence-corrected chi connectivity index (χ2v) is 6.04. The molecular weight excluding hydrogens is 266 g/mol. The van der Waals surface area contributed by atoms with Crippen LogP contribution in [0.5, 0.6) is 5.75 Å². The molecule has 1 aliphatic rings. The van der Waals surface area contributed by atoms with Gasteiger partial charge >= 0.3 is 6.03 Å². The Morgan fingerprint density at radius 3 is 2.95 bits per heavy atom. The number of ether oxygens (including phenoxy) is 1. The first-order valence-electron chi connectivity index (χ1n) is 7.10. The lowest BCUT2D eigenvalue weighted by molar-refractivity contribution is 0.0807. The van der Waals surface area contributed by atoms with Gasteiger partial charge in [0.1, 0.15) is 11.4 Å². The Bertz CT molecular complexity index is 563. The number of urea groups is 1. The predicted octanol–water partition coefficient (Wildman–Crippen LogP) is 2.53.